The third kappa shape index (κ3) is 3.69. The van der Waals surface area contributed by atoms with Crippen LogP contribution >= 0.6 is 0 Å². The lowest BCUT2D eigenvalue weighted by atomic mass is 9.74. The maximum atomic E-state index is 10.6. The van der Waals surface area contributed by atoms with Gasteiger partial charge in [0.25, 0.3) is 0 Å². The van der Waals surface area contributed by atoms with Crippen molar-refractivity contribution < 1.29 is 9.90 Å². The van der Waals surface area contributed by atoms with Crippen molar-refractivity contribution in [2.24, 2.45) is 17.8 Å². The molecule has 0 amide bonds. The second-order valence-corrected chi connectivity index (χ2v) is 5.01. The van der Waals surface area contributed by atoms with Gasteiger partial charge in [0.2, 0.25) is 0 Å². The maximum Gasteiger partial charge on any atom is 0.0417 e. The Labute approximate surface area is 86.7 Å². The first kappa shape index (κ1) is 11.5. The topological polar surface area (TPSA) is 40.1 Å². The van der Waals surface area contributed by atoms with Gasteiger partial charge in [0.15, 0.2) is 0 Å². The summed E-state index contributed by atoms with van der Waals surface area (Å²) in [6.45, 7) is 4.43. The normalized spacial score (nSPS) is 27.9. The Morgan fingerprint density at radius 3 is 2.36 bits per heavy atom. The number of rotatable bonds is 4. The molecule has 14 heavy (non-hydrogen) atoms. The Morgan fingerprint density at radius 2 is 1.86 bits per heavy atom. The lowest BCUT2D eigenvalue weighted by Gasteiger charge is -2.33. The van der Waals surface area contributed by atoms with E-state index in [1.54, 1.807) is 0 Å². The van der Waals surface area contributed by atoms with E-state index in [2.05, 4.69) is 13.8 Å². The van der Waals surface area contributed by atoms with Crippen LogP contribution in [0.4, 0.5) is 0 Å². The summed E-state index contributed by atoms with van der Waals surface area (Å²) >= 11 is 0. The minimum atomic E-state index is -0.870. The molecule has 0 radical (unpaired) electrons. The third-order valence-corrected chi connectivity index (χ3v) is 3.27. The number of aliphatic carboxylic acids is 1. The zero-order valence-corrected chi connectivity index (χ0v) is 9.29. The van der Waals surface area contributed by atoms with Gasteiger partial charge in [-0.25, -0.2) is 0 Å². The van der Waals surface area contributed by atoms with Crippen LogP contribution in [0, 0.1) is 17.8 Å². The van der Waals surface area contributed by atoms with Crippen LogP contribution in [0.15, 0.2) is 0 Å². The second kappa shape index (κ2) is 5.38. The highest BCUT2D eigenvalue weighted by molar-refractivity contribution is 5.64. The number of hydrogen-bond acceptors (Lipinski definition) is 2. The highest BCUT2D eigenvalue weighted by Gasteiger charge is 2.25. The van der Waals surface area contributed by atoms with Crippen LogP contribution in [-0.2, 0) is 4.79 Å². The zero-order chi connectivity index (χ0) is 10.6. The molecule has 2 nitrogen and oxygen atoms in total. The van der Waals surface area contributed by atoms with Crippen LogP contribution in [0.2, 0.25) is 0 Å². The lowest BCUT2D eigenvalue weighted by Crippen LogP contribution is -2.30. The Hall–Kier alpha value is -0.530. The molecule has 82 valence electrons. The molecule has 0 aromatic heterocycles. The van der Waals surface area contributed by atoms with Crippen molar-refractivity contribution in [3.8, 4) is 0 Å². The minimum absolute atomic E-state index is 0.275. The average Bonchev–Trinajstić information content (AvgIpc) is 2.06. The van der Waals surface area contributed by atoms with Crippen molar-refractivity contribution in [3.63, 3.8) is 0 Å². The molecule has 2 atom stereocenters. The molecule has 0 heterocycles. The van der Waals surface area contributed by atoms with E-state index >= 15 is 0 Å². The number of carboxylic acids is 1. The molecule has 0 spiro atoms. The molecular weight excluding hydrogens is 176 g/mol. The van der Waals surface area contributed by atoms with Crippen LogP contribution in [-0.4, -0.2) is 5.97 Å². The second-order valence-electron chi connectivity index (χ2n) is 5.01. The van der Waals surface area contributed by atoms with Crippen LogP contribution in [0.3, 0.4) is 0 Å². The van der Waals surface area contributed by atoms with E-state index in [-0.39, 0.29) is 6.42 Å². The smallest absolute Gasteiger partial charge is 0.0417 e. The van der Waals surface area contributed by atoms with Gasteiger partial charge in [-0.3, -0.25) is 0 Å². The molecule has 0 bridgehead atoms. The zero-order valence-electron chi connectivity index (χ0n) is 9.29. The lowest BCUT2D eigenvalue weighted by molar-refractivity contribution is -0.307. The highest BCUT2D eigenvalue weighted by atomic mass is 16.4. The van der Waals surface area contributed by atoms with Gasteiger partial charge in [0.05, 0.1) is 0 Å². The first-order chi connectivity index (χ1) is 6.59. The summed E-state index contributed by atoms with van der Waals surface area (Å²) in [7, 11) is 0. The van der Waals surface area contributed by atoms with E-state index in [1.165, 1.54) is 25.7 Å². The summed E-state index contributed by atoms with van der Waals surface area (Å²) in [6.07, 6.45) is 6.24. The number of hydrogen-bond donors (Lipinski definition) is 0. The Morgan fingerprint density at radius 1 is 1.29 bits per heavy atom. The van der Waals surface area contributed by atoms with Gasteiger partial charge in [-0.15, -0.1) is 0 Å². The molecule has 2 heteroatoms. The predicted octanol–water partition coefficient (Wildman–Crippen LogP) is 1.98. The molecule has 1 rings (SSSR count). The summed E-state index contributed by atoms with van der Waals surface area (Å²) in [4.78, 5) is 10.6. The van der Waals surface area contributed by atoms with E-state index in [0.29, 0.717) is 17.8 Å². The molecular formula is C12H21O2-. The SMILES string of the molecule is CC(C)CC1CCCCC1CC(=O)[O-]. The first-order valence-electron chi connectivity index (χ1n) is 5.79. The van der Waals surface area contributed by atoms with E-state index in [4.69, 9.17) is 0 Å². The van der Waals surface area contributed by atoms with Gasteiger partial charge >= 0.3 is 0 Å². The Bertz CT molecular complexity index is 187. The summed E-state index contributed by atoms with van der Waals surface area (Å²) in [5.74, 6) is 0.825. The van der Waals surface area contributed by atoms with Gasteiger partial charge in [-0.2, -0.15) is 0 Å². The van der Waals surface area contributed by atoms with Crippen molar-refractivity contribution in [1.29, 1.82) is 0 Å². The minimum Gasteiger partial charge on any atom is -0.550 e. The van der Waals surface area contributed by atoms with Crippen molar-refractivity contribution >= 4 is 5.97 Å². The number of carboxylic acid groups (broad SMARTS) is 1. The van der Waals surface area contributed by atoms with Gasteiger partial charge in [0.1, 0.15) is 0 Å². The van der Waals surface area contributed by atoms with Crippen molar-refractivity contribution in [2.45, 2.75) is 52.4 Å². The van der Waals surface area contributed by atoms with Crippen LogP contribution < -0.4 is 5.11 Å². The summed E-state index contributed by atoms with van der Waals surface area (Å²) in [5, 5.41) is 10.6. The molecule has 0 saturated heterocycles. The third-order valence-electron chi connectivity index (χ3n) is 3.27. The summed E-state index contributed by atoms with van der Waals surface area (Å²) < 4.78 is 0. The fourth-order valence-electron chi connectivity index (χ4n) is 2.68. The molecule has 1 fully saturated rings. The maximum absolute atomic E-state index is 10.6. The fraction of sp³-hybridized carbons (Fsp3) is 0.917. The van der Waals surface area contributed by atoms with Gasteiger partial charge in [-0.1, -0.05) is 33.1 Å². The summed E-state index contributed by atoms with van der Waals surface area (Å²) in [6, 6.07) is 0. The molecule has 0 aromatic rings. The Balaban J connectivity index is 2.45. The van der Waals surface area contributed by atoms with Crippen molar-refractivity contribution in [1.82, 2.24) is 0 Å². The van der Waals surface area contributed by atoms with Crippen LogP contribution in [0.25, 0.3) is 0 Å². The number of carbonyl (C=O) groups excluding carboxylic acids is 1. The quantitative estimate of drug-likeness (QED) is 0.691. The number of carbonyl (C=O) groups is 1. The molecule has 0 aromatic carbocycles. The van der Waals surface area contributed by atoms with E-state index in [9.17, 15) is 9.90 Å². The Kier molecular flexibility index (Phi) is 4.43. The molecule has 2 unspecified atom stereocenters. The van der Waals surface area contributed by atoms with Crippen molar-refractivity contribution in [3.05, 3.63) is 0 Å². The van der Waals surface area contributed by atoms with E-state index in [1.807, 2.05) is 0 Å². The van der Waals surface area contributed by atoms with Crippen LogP contribution in [0.1, 0.15) is 52.4 Å². The van der Waals surface area contributed by atoms with Crippen molar-refractivity contribution in [2.75, 3.05) is 0 Å². The van der Waals surface area contributed by atoms with Gasteiger partial charge in [0, 0.05) is 5.97 Å². The monoisotopic (exact) mass is 197 g/mol. The molecule has 0 N–H and O–H groups in total. The molecule has 1 aliphatic rings. The molecule has 0 aliphatic heterocycles. The van der Waals surface area contributed by atoms with Crippen LogP contribution in [0.5, 0.6) is 0 Å². The van der Waals surface area contributed by atoms with E-state index < -0.39 is 5.97 Å². The first-order valence-corrected chi connectivity index (χ1v) is 5.79. The van der Waals surface area contributed by atoms with Gasteiger partial charge in [-0.05, 0) is 37.0 Å². The van der Waals surface area contributed by atoms with Gasteiger partial charge < -0.3 is 9.90 Å². The fourth-order valence-corrected chi connectivity index (χ4v) is 2.68. The van der Waals surface area contributed by atoms with E-state index in [0.717, 1.165) is 6.42 Å². The predicted molar refractivity (Wildman–Crippen MR) is 54.5 cm³/mol. The largest absolute Gasteiger partial charge is 0.550 e. The molecule has 1 saturated carbocycles. The highest BCUT2D eigenvalue weighted by Crippen LogP contribution is 2.36. The summed E-state index contributed by atoms with van der Waals surface area (Å²) in [5.41, 5.74) is 0. The average molecular weight is 197 g/mol. The standard InChI is InChI=1S/C12H22O2/c1-9(2)7-10-5-3-4-6-11(10)8-12(13)14/h9-11H,3-8H2,1-2H3,(H,13,14)/p-1. The molecule has 1 aliphatic carbocycles.